The van der Waals surface area contributed by atoms with E-state index in [1.165, 1.54) is 12.0 Å². The third kappa shape index (κ3) is 5.69. The molecule has 0 spiro atoms. The van der Waals surface area contributed by atoms with Gasteiger partial charge in [-0.05, 0) is 44.9 Å². The van der Waals surface area contributed by atoms with Gasteiger partial charge in [-0.1, -0.05) is 45.3 Å². The molecule has 0 aliphatic rings. The van der Waals surface area contributed by atoms with Crippen molar-refractivity contribution in [1.29, 1.82) is 0 Å². The van der Waals surface area contributed by atoms with Crippen molar-refractivity contribution in [3.63, 3.8) is 0 Å². The van der Waals surface area contributed by atoms with Crippen LogP contribution in [0.15, 0.2) is 11.6 Å². The molecule has 0 aliphatic heterocycles. The molecular formula is C15H30O. The van der Waals surface area contributed by atoms with Crippen LogP contribution in [-0.2, 0) is 0 Å². The number of aliphatic hydroxyl groups excluding tert-OH is 1. The molecule has 0 fully saturated rings. The van der Waals surface area contributed by atoms with Crippen molar-refractivity contribution < 1.29 is 5.11 Å². The number of rotatable bonds is 8. The van der Waals surface area contributed by atoms with E-state index in [1.807, 2.05) is 0 Å². The van der Waals surface area contributed by atoms with Crippen molar-refractivity contribution in [2.45, 2.75) is 79.2 Å². The van der Waals surface area contributed by atoms with Crippen molar-refractivity contribution in [3.8, 4) is 0 Å². The van der Waals surface area contributed by atoms with Crippen molar-refractivity contribution >= 4 is 0 Å². The molecule has 0 unspecified atom stereocenters. The molecule has 0 amide bonds. The summed E-state index contributed by atoms with van der Waals surface area (Å²) >= 11 is 0. The number of hydrogen-bond acceptors (Lipinski definition) is 1. The second-order valence-corrected chi connectivity index (χ2v) is 5.49. The van der Waals surface area contributed by atoms with Gasteiger partial charge in [0.15, 0.2) is 0 Å². The number of unbranched alkanes of at least 4 members (excludes halogenated alkanes) is 1. The summed E-state index contributed by atoms with van der Waals surface area (Å²) in [7, 11) is 0. The van der Waals surface area contributed by atoms with Gasteiger partial charge in [0.2, 0.25) is 0 Å². The Morgan fingerprint density at radius 3 is 2.38 bits per heavy atom. The molecule has 1 heteroatoms. The van der Waals surface area contributed by atoms with Crippen LogP contribution in [-0.4, -0.2) is 11.2 Å². The number of allylic oxidation sites excluding steroid dienone is 2. The molecule has 96 valence electrons. The van der Waals surface area contributed by atoms with E-state index in [0.29, 0.717) is 0 Å². The van der Waals surface area contributed by atoms with E-state index in [9.17, 15) is 5.11 Å². The Bertz CT molecular complexity index is 203. The molecule has 0 rings (SSSR count). The van der Waals surface area contributed by atoms with Crippen LogP contribution in [0.3, 0.4) is 0 Å². The number of hydrogen-bond donors (Lipinski definition) is 1. The zero-order valence-electron chi connectivity index (χ0n) is 11.8. The molecule has 0 bridgehead atoms. The minimum absolute atomic E-state index is 0.0983. The van der Waals surface area contributed by atoms with Gasteiger partial charge in [-0.15, -0.1) is 0 Å². The average molecular weight is 226 g/mol. The third-order valence-electron chi connectivity index (χ3n) is 3.71. The lowest BCUT2D eigenvalue weighted by molar-refractivity contribution is 0.0204. The fraction of sp³-hybridized carbons (Fsp3) is 0.867. The quantitative estimate of drug-likeness (QED) is 0.595. The van der Waals surface area contributed by atoms with Crippen molar-refractivity contribution in [3.05, 3.63) is 11.6 Å². The van der Waals surface area contributed by atoms with E-state index in [2.05, 4.69) is 40.7 Å². The lowest BCUT2D eigenvalue weighted by Gasteiger charge is -2.33. The highest BCUT2D eigenvalue weighted by Crippen LogP contribution is 2.34. The summed E-state index contributed by atoms with van der Waals surface area (Å²) in [6.45, 7) is 10.9. The van der Waals surface area contributed by atoms with E-state index in [1.54, 1.807) is 0 Å². The predicted molar refractivity (Wildman–Crippen MR) is 72.6 cm³/mol. The van der Waals surface area contributed by atoms with Gasteiger partial charge in [-0.2, -0.15) is 0 Å². The standard InChI is InChI=1S/C15H30O/c1-6-8-11-14(16)15(5,7-2)12-9-10-13(3)4/h10,14,16H,6-9,11-12H2,1-5H3/t14-,15+/m1/s1. The molecular weight excluding hydrogens is 196 g/mol. The lowest BCUT2D eigenvalue weighted by Crippen LogP contribution is -2.31. The Kier molecular flexibility index (Phi) is 7.74. The highest BCUT2D eigenvalue weighted by Gasteiger charge is 2.29. The summed E-state index contributed by atoms with van der Waals surface area (Å²) in [6, 6.07) is 0. The monoisotopic (exact) mass is 226 g/mol. The third-order valence-corrected chi connectivity index (χ3v) is 3.71. The minimum atomic E-state index is -0.136. The minimum Gasteiger partial charge on any atom is -0.393 e. The first-order valence-corrected chi connectivity index (χ1v) is 6.77. The molecule has 1 nitrogen and oxygen atoms in total. The van der Waals surface area contributed by atoms with Crippen LogP contribution in [0.5, 0.6) is 0 Å². The van der Waals surface area contributed by atoms with E-state index in [-0.39, 0.29) is 11.5 Å². The molecule has 2 atom stereocenters. The molecule has 0 aromatic rings. The van der Waals surface area contributed by atoms with Gasteiger partial charge < -0.3 is 5.11 Å². The molecule has 0 aromatic heterocycles. The second kappa shape index (κ2) is 7.89. The maximum absolute atomic E-state index is 10.2. The van der Waals surface area contributed by atoms with Crippen LogP contribution in [0.25, 0.3) is 0 Å². The molecule has 1 N–H and O–H groups in total. The van der Waals surface area contributed by atoms with Crippen molar-refractivity contribution in [1.82, 2.24) is 0 Å². The Morgan fingerprint density at radius 2 is 1.94 bits per heavy atom. The van der Waals surface area contributed by atoms with E-state index in [0.717, 1.165) is 32.1 Å². The van der Waals surface area contributed by atoms with Gasteiger partial charge in [0.1, 0.15) is 0 Å². The fourth-order valence-corrected chi connectivity index (χ4v) is 2.02. The van der Waals surface area contributed by atoms with Crippen molar-refractivity contribution in [2.24, 2.45) is 5.41 Å². The average Bonchev–Trinajstić information content (AvgIpc) is 2.24. The molecule has 16 heavy (non-hydrogen) atoms. The van der Waals surface area contributed by atoms with Gasteiger partial charge >= 0.3 is 0 Å². The fourth-order valence-electron chi connectivity index (χ4n) is 2.02. The van der Waals surface area contributed by atoms with Gasteiger partial charge in [0.25, 0.3) is 0 Å². The van der Waals surface area contributed by atoms with E-state index < -0.39 is 0 Å². The summed E-state index contributed by atoms with van der Waals surface area (Å²) in [5.41, 5.74) is 1.47. The highest BCUT2D eigenvalue weighted by molar-refractivity contribution is 4.94. The van der Waals surface area contributed by atoms with Crippen LogP contribution in [0.1, 0.15) is 73.1 Å². The maximum Gasteiger partial charge on any atom is 0.0593 e. The van der Waals surface area contributed by atoms with Crippen LogP contribution in [0.2, 0.25) is 0 Å². The zero-order chi connectivity index (χ0) is 12.6. The molecule has 0 aliphatic carbocycles. The lowest BCUT2D eigenvalue weighted by atomic mass is 9.76. The van der Waals surface area contributed by atoms with E-state index in [4.69, 9.17) is 0 Å². The van der Waals surface area contributed by atoms with Gasteiger partial charge in [-0.3, -0.25) is 0 Å². The SMILES string of the molecule is CCCC[C@@H](O)[C@@](C)(CC)CCC=C(C)C. The zero-order valence-corrected chi connectivity index (χ0v) is 11.8. The van der Waals surface area contributed by atoms with Crippen LogP contribution in [0.4, 0.5) is 0 Å². The highest BCUT2D eigenvalue weighted by atomic mass is 16.3. The summed E-state index contributed by atoms with van der Waals surface area (Å²) in [5, 5.41) is 10.2. The summed E-state index contributed by atoms with van der Waals surface area (Å²) in [4.78, 5) is 0. The van der Waals surface area contributed by atoms with Gasteiger partial charge in [0.05, 0.1) is 6.10 Å². The molecule has 0 radical (unpaired) electrons. The molecule has 0 aromatic carbocycles. The summed E-state index contributed by atoms with van der Waals surface area (Å²) < 4.78 is 0. The molecule has 0 heterocycles. The van der Waals surface area contributed by atoms with Crippen LogP contribution >= 0.6 is 0 Å². The Morgan fingerprint density at radius 1 is 1.31 bits per heavy atom. The topological polar surface area (TPSA) is 20.2 Å². The van der Waals surface area contributed by atoms with Gasteiger partial charge in [-0.25, -0.2) is 0 Å². The Hall–Kier alpha value is -0.300. The molecule has 0 saturated heterocycles. The summed E-state index contributed by atoms with van der Waals surface area (Å²) in [6.07, 6.45) is 8.66. The van der Waals surface area contributed by atoms with Crippen molar-refractivity contribution in [2.75, 3.05) is 0 Å². The first kappa shape index (κ1) is 15.7. The maximum atomic E-state index is 10.2. The van der Waals surface area contributed by atoms with Crippen LogP contribution < -0.4 is 0 Å². The summed E-state index contributed by atoms with van der Waals surface area (Å²) in [5.74, 6) is 0. The van der Waals surface area contributed by atoms with Gasteiger partial charge in [0, 0.05) is 0 Å². The largest absolute Gasteiger partial charge is 0.393 e. The smallest absolute Gasteiger partial charge is 0.0593 e. The Labute approximate surface area is 102 Å². The predicted octanol–water partition coefficient (Wildman–Crippen LogP) is 4.70. The molecule has 0 saturated carbocycles. The second-order valence-electron chi connectivity index (χ2n) is 5.49. The normalized spacial score (nSPS) is 16.6. The number of aliphatic hydroxyl groups is 1. The van der Waals surface area contributed by atoms with Crippen LogP contribution in [0, 0.1) is 5.41 Å². The Balaban J connectivity index is 4.22. The van der Waals surface area contributed by atoms with E-state index >= 15 is 0 Å². The first-order chi connectivity index (χ1) is 7.46. The first-order valence-electron chi connectivity index (χ1n) is 6.77.